The summed E-state index contributed by atoms with van der Waals surface area (Å²) in [5.74, 6) is -0.964. The fourth-order valence-corrected chi connectivity index (χ4v) is 3.78. The van der Waals surface area contributed by atoms with Crippen molar-refractivity contribution in [1.29, 1.82) is 0 Å². The van der Waals surface area contributed by atoms with Crippen molar-refractivity contribution in [2.45, 2.75) is 49.1 Å². The highest BCUT2D eigenvalue weighted by molar-refractivity contribution is 7.89. The van der Waals surface area contributed by atoms with Crippen molar-refractivity contribution in [3.8, 4) is 0 Å². The second kappa shape index (κ2) is 6.55. The SMILES string of the molecule is O=C(O)Cc1ccc(S(=O)(=O)N[C@@H]2CCCC[C@H]2O)cc1. The van der Waals surface area contributed by atoms with Gasteiger partial charge in [0.25, 0.3) is 0 Å². The third kappa shape index (κ3) is 4.26. The molecule has 0 amide bonds. The maximum Gasteiger partial charge on any atom is 0.307 e. The van der Waals surface area contributed by atoms with E-state index in [0.29, 0.717) is 18.4 Å². The zero-order chi connectivity index (χ0) is 15.5. The van der Waals surface area contributed by atoms with E-state index >= 15 is 0 Å². The summed E-state index contributed by atoms with van der Waals surface area (Å²) in [4.78, 5) is 10.7. The van der Waals surface area contributed by atoms with E-state index in [4.69, 9.17) is 5.11 Å². The van der Waals surface area contributed by atoms with Gasteiger partial charge in [-0.1, -0.05) is 25.0 Å². The van der Waals surface area contributed by atoms with Gasteiger partial charge in [-0.05, 0) is 30.5 Å². The first-order valence-corrected chi connectivity index (χ1v) is 8.38. The fourth-order valence-electron chi connectivity index (χ4n) is 2.48. The summed E-state index contributed by atoms with van der Waals surface area (Å²) < 4.78 is 27.0. The molecule has 1 aromatic carbocycles. The molecule has 2 rings (SSSR count). The molecule has 1 aliphatic rings. The molecule has 1 aromatic rings. The van der Waals surface area contributed by atoms with Gasteiger partial charge < -0.3 is 10.2 Å². The Morgan fingerprint density at radius 3 is 2.38 bits per heavy atom. The van der Waals surface area contributed by atoms with Crippen LogP contribution in [0.3, 0.4) is 0 Å². The molecular formula is C14H19NO5S. The summed E-state index contributed by atoms with van der Waals surface area (Å²) in [6, 6.07) is 5.29. The monoisotopic (exact) mass is 313 g/mol. The molecule has 7 heteroatoms. The van der Waals surface area contributed by atoms with Gasteiger partial charge in [0.1, 0.15) is 0 Å². The smallest absolute Gasteiger partial charge is 0.307 e. The lowest BCUT2D eigenvalue weighted by Crippen LogP contribution is -2.44. The number of sulfonamides is 1. The highest BCUT2D eigenvalue weighted by Crippen LogP contribution is 2.21. The van der Waals surface area contributed by atoms with Crippen LogP contribution < -0.4 is 4.72 Å². The van der Waals surface area contributed by atoms with Gasteiger partial charge in [-0.15, -0.1) is 0 Å². The van der Waals surface area contributed by atoms with Crippen molar-refractivity contribution in [3.63, 3.8) is 0 Å². The first-order valence-electron chi connectivity index (χ1n) is 6.89. The van der Waals surface area contributed by atoms with Crippen LogP contribution in [0.2, 0.25) is 0 Å². The second-order valence-electron chi connectivity index (χ2n) is 5.29. The summed E-state index contributed by atoms with van der Waals surface area (Å²) in [5.41, 5.74) is 0.541. The number of nitrogens with one attached hydrogen (secondary N) is 1. The molecule has 116 valence electrons. The third-order valence-corrected chi connectivity index (χ3v) is 5.13. The number of carbonyl (C=O) groups is 1. The van der Waals surface area contributed by atoms with Gasteiger partial charge in [0.2, 0.25) is 10.0 Å². The van der Waals surface area contributed by atoms with Gasteiger partial charge >= 0.3 is 5.97 Å². The number of aliphatic hydroxyl groups excluding tert-OH is 1. The predicted molar refractivity (Wildman–Crippen MR) is 76.4 cm³/mol. The predicted octanol–water partition coefficient (Wildman–Crippen LogP) is 0.895. The molecule has 21 heavy (non-hydrogen) atoms. The maximum absolute atomic E-state index is 12.2. The minimum absolute atomic E-state index is 0.0782. The van der Waals surface area contributed by atoms with E-state index in [0.717, 1.165) is 12.8 Å². The lowest BCUT2D eigenvalue weighted by Gasteiger charge is -2.28. The van der Waals surface area contributed by atoms with Crippen LogP contribution in [0.4, 0.5) is 0 Å². The summed E-state index contributed by atoms with van der Waals surface area (Å²) in [5, 5.41) is 18.5. The van der Waals surface area contributed by atoms with Crippen LogP contribution in [-0.4, -0.2) is 36.7 Å². The van der Waals surface area contributed by atoms with E-state index in [9.17, 15) is 18.3 Å². The number of carboxylic acid groups (broad SMARTS) is 1. The number of aliphatic carboxylic acids is 1. The van der Waals surface area contributed by atoms with Crippen molar-refractivity contribution in [2.24, 2.45) is 0 Å². The summed E-state index contributed by atoms with van der Waals surface area (Å²) in [7, 11) is -3.70. The zero-order valence-corrected chi connectivity index (χ0v) is 12.3. The van der Waals surface area contributed by atoms with Crippen molar-refractivity contribution >= 4 is 16.0 Å². The first-order chi connectivity index (χ1) is 9.88. The number of rotatable bonds is 5. The van der Waals surface area contributed by atoms with Gasteiger partial charge in [0, 0.05) is 6.04 Å². The van der Waals surface area contributed by atoms with E-state index in [1.807, 2.05) is 0 Å². The third-order valence-electron chi connectivity index (χ3n) is 3.63. The summed E-state index contributed by atoms with van der Waals surface area (Å²) in [6.07, 6.45) is 2.22. The fraction of sp³-hybridized carbons (Fsp3) is 0.500. The van der Waals surface area contributed by atoms with Crippen LogP contribution >= 0.6 is 0 Å². The van der Waals surface area contributed by atoms with Crippen molar-refractivity contribution in [3.05, 3.63) is 29.8 Å². The highest BCUT2D eigenvalue weighted by Gasteiger charge is 2.28. The molecule has 0 radical (unpaired) electrons. The lowest BCUT2D eigenvalue weighted by molar-refractivity contribution is -0.136. The molecule has 2 atom stereocenters. The quantitative estimate of drug-likeness (QED) is 0.749. The Labute approximate surface area is 123 Å². The zero-order valence-electron chi connectivity index (χ0n) is 11.5. The van der Waals surface area contributed by atoms with Crippen LogP contribution in [0, 0.1) is 0 Å². The Balaban J connectivity index is 2.10. The van der Waals surface area contributed by atoms with Crippen LogP contribution in [0.15, 0.2) is 29.2 Å². The van der Waals surface area contributed by atoms with E-state index < -0.39 is 28.1 Å². The molecular weight excluding hydrogens is 294 g/mol. The van der Waals surface area contributed by atoms with Gasteiger partial charge in [0.15, 0.2) is 0 Å². The summed E-state index contributed by atoms with van der Waals surface area (Å²) in [6.45, 7) is 0. The molecule has 0 unspecified atom stereocenters. The molecule has 0 saturated heterocycles. The van der Waals surface area contributed by atoms with Crippen LogP contribution in [0.25, 0.3) is 0 Å². The van der Waals surface area contributed by atoms with Gasteiger partial charge in [-0.3, -0.25) is 4.79 Å². The minimum Gasteiger partial charge on any atom is -0.481 e. The molecule has 1 fully saturated rings. The first kappa shape index (κ1) is 15.9. The highest BCUT2D eigenvalue weighted by atomic mass is 32.2. The number of hydrogen-bond donors (Lipinski definition) is 3. The molecule has 1 aliphatic carbocycles. The lowest BCUT2D eigenvalue weighted by atomic mass is 9.93. The number of carboxylic acids is 1. The standard InChI is InChI=1S/C14H19NO5S/c16-13-4-2-1-3-12(13)15-21(19,20)11-7-5-10(6-8-11)9-14(17)18/h5-8,12-13,15-16H,1-4,9H2,(H,17,18)/t12-,13-/m1/s1. The van der Waals surface area contributed by atoms with Crippen LogP contribution in [0.1, 0.15) is 31.2 Å². The number of aliphatic hydroxyl groups is 1. The van der Waals surface area contributed by atoms with Crippen LogP contribution in [-0.2, 0) is 21.2 Å². The van der Waals surface area contributed by atoms with Crippen molar-refractivity contribution in [2.75, 3.05) is 0 Å². The Morgan fingerprint density at radius 1 is 1.19 bits per heavy atom. The van der Waals surface area contributed by atoms with Crippen LogP contribution in [0.5, 0.6) is 0 Å². The average molecular weight is 313 g/mol. The largest absolute Gasteiger partial charge is 0.481 e. The Bertz CT molecular complexity index is 596. The molecule has 0 bridgehead atoms. The number of benzene rings is 1. The molecule has 0 heterocycles. The minimum atomic E-state index is -3.70. The molecule has 0 spiro atoms. The van der Waals surface area contributed by atoms with Gasteiger partial charge in [-0.25, -0.2) is 13.1 Å². The Hall–Kier alpha value is -1.44. The molecule has 0 aliphatic heterocycles. The second-order valence-corrected chi connectivity index (χ2v) is 7.01. The summed E-state index contributed by atoms with van der Waals surface area (Å²) >= 11 is 0. The van der Waals surface area contributed by atoms with E-state index in [1.54, 1.807) is 0 Å². The molecule has 3 N–H and O–H groups in total. The normalized spacial score (nSPS) is 22.9. The Kier molecular flexibility index (Phi) is 4.97. The van der Waals surface area contributed by atoms with Gasteiger partial charge in [-0.2, -0.15) is 0 Å². The van der Waals surface area contributed by atoms with Gasteiger partial charge in [0.05, 0.1) is 17.4 Å². The number of hydrogen-bond acceptors (Lipinski definition) is 4. The topological polar surface area (TPSA) is 104 Å². The van der Waals surface area contributed by atoms with E-state index in [1.165, 1.54) is 24.3 Å². The maximum atomic E-state index is 12.2. The van der Waals surface area contributed by atoms with E-state index in [-0.39, 0.29) is 11.3 Å². The average Bonchev–Trinajstić information content (AvgIpc) is 2.41. The van der Waals surface area contributed by atoms with Crippen molar-refractivity contribution < 1.29 is 23.4 Å². The molecule has 1 saturated carbocycles. The van der Waals surface area contributed by atoms with E-state index in [2.05, 4.69) is 4.72 Å². The molecule has 6 nitrogen and oxygen atoms in total. The molecule has 0 aromatic heterocycles. The Morgan fingerprint density at radius 2 is 1.81 bits per heavy atom. The van der Waals surface area contributed by atoms with Crippen molar-refractivity contribution in [1.82, 2.24) is 4.72 Å².